The summed E-state index contributed by atoms with van der Waals surface area (Å²) in [6.07, 6.45) is 2.50. The van der Waals surface area contributed by atoms with Gasteiger partial charge >= 0.3 is 12.1 Å². The van der Waals surface area contributed by atoms with Gasteiger partial charge in [-0.05, 0) is 66.5 Å². The largest absolute Gasteiger partial charge is 0.481 e. The van der Waals surface area contributed by atoms with Gasteiger partial charge in [-0.3, -0.25) is 4.79 Å². The van der Waals surface area contributed by atoms with Crippen molar-refractivity contribution in [3.63, 3.8) is 0 Å². The van der Waals surface area contributed by atoms with Gasteiger partial charge in [0.2, 0.25) is 0 Å². The Labute approximate surface area is 230 Å². The van der Waals surface area contributed by atoms with Gasteiger partial charge < -0.3 is 14.6 Å². The highest BCUT2D eigenvalue weighted by molar-refractivity contribution is 6.07. The lowest BCUT2D eigenvalue weighted by molar-refractivity contribution is -0.140. The molecule has 4 rings (SSSR count). The van der Waals surface area contributed by atoms with E-state index in [1.54, 1.807) is 7.11 Å². The molecular formula is C33H35NO5. The minimum Gasteiger partial charge on any atom is -0.481 e. The summed E-state index contributed by atoms with van der Waals surface area (Å²) in [6.45, 7) is 5.77. The van der Waals surface area contributed by atoms with E-state index in [1.807, 2.05) is 106 Å². The maximum absolute atomic E-state index is 12.9. The zero-order valence-corrected chi connectivity index (χ0v) is 22.9. The number of aliphatic carboxylic acids is 1. The van der Waals surface area contributed by atoms with Crippen LogP contribution >= 0.6 is 0 Å². The van der Waals surface area contributed by atoms with Gasteiger partial charge in [-0.2, -0.15) is 4.99 Å². The molecule has 1 aliphatic carbocycles. The minimum atomic E-state index is -0.756. The first-order valence-electron chi connectivity index (χ1n) is 13.3. The van der Waals surface area contributed by atoms with Crippen LogP contribution in [-0.4, -0.2) is 30.0 Å². The molecule has 2 unspecified atom stereocenters. The summed E-state index contributed by atoms with van der Waals surface area (Å²) in [5, 5.41) is 9.56. The van der Waals surface area contributed by atoms with Crippen molar-refractivity contribution in [2.45, 2.75) is 57.7 Å². The van der Waals surface area contributed by atoms with E-state index in [2.05, 4.69) is 4.99 Å². The molecule has 1 saturated carbocycles. The Morgan fingerprint density at radius 1 is 0.949 bits per heavy atom. The van der Waals surface area contributed by atoms with E-state index in [1.165, 1.54) is 0 Å². The number of allylic oxidation sites excluding steroid dienone is 1. The highest BCUT2D eigenvalue weighted by Gasteiger charge is 2.51. The van der Waals surface area contributed by atoms with Crippen LogP contribution in [-0.2, 0) is 19.7 Å². The fraction of sp³-hybridized carbons (Fsp3) is 0.303. The number of carbonyl (C=O) groups is 2. The molecule has 0 saturated heterocycles. The molecule has 0 aliphatic heterocycles. The number of rotatable bonds is 10. The normalized spacial score (nSPS) is 16.3. The van der Waals surface area contributed by atoms with Crippen molar-refractivity contribution in [1.82, 2.24) is 0 Å². The van der Waals surface area contributed by atoms with Crippen molar-refractivity contribution in [3.05, 3.63) is 107 Å². The Hall–Kier alpha value is -4.03. The first-order chi connectivity index (χ1) is 18.8. The number of methoxy groups -OCH3 is 1. The Morgan fingerprint density at radius 2 is 1.54 bits per heavy atom. The maximum Gasteiger partial charge on any atom is 0.434 e. The summed E-state index contributed by atoms with van der Waals surface area (Å²) in [5.41, 5.74) is 5.23. The molecule has 6 nitrogen and oxygen atoms in total. The van der Waals surface area contributed by atoms with Crippen LogP contribution in [0.25, 0.3) is 11.1 Å². The number of carbonyl (C=O) groups excluding carboxylic acids is 1. The smallest absolute Gasteiger partial charge is 0.434 e. The Balaban J connectivity index is 1.56. The molecule has 0 heterocycles. The quantitative estimate of drug-likeness (QED) is 0.272. The van der Waals surface area contributed by atoms with Crippen LogP contribution in [0.2, 0.25) is 0 Å². The van der Waals surface area contributed by atoms with Gasteiger partial charge in [0.25, 0.3) is 0 Å². The Morgan fingerprint density at radius 3 is 2.05 bits per heavy atom. The summed E-state index contributed by atoms with van der Waals surface area (Å²) in [7, 11) is 1.60. The third-order valence-electron chi connectivity index (χ3n) is 7.30. The van der Waals surface area contributed by atoms with Crippen LogP contribution in [0.4, 0.5) is 4.79 Å². The molecule has 0 spiro atoms. The maximum atomic E-state index is 12.9. The first kappa shape index (κ1) is 28.0. The number of hydrogen-bond acceptors (Lipinski definition) is 4. The van der Waals surface area contributed by atoms with Crippen molar-refractivity contribution in [1.29, 1.82) is 0 Å². The zero-order valence-electron chi connectivity index (χ0n) is 22.9. The van der Waals surface area contributed by atoms with Gasteiger partial charge in [-0.1, -0.05) is 91.9 Å². The number of carboxylic acids is 1. The van der Waals surface area contributed by atoms with E-state index in [0.717, 1.165) is 39.8 Å². The minimum absolute atomic E-state index is 0.434. The molecule has 0 aromatic heterocycles. The van der Waals surface area contributed by atoms with E-state index in [9.17, 15) is 14.7 Å². The van der Waals surface area contributed by atoms with E-state index < -0.39 is 29.7 Å². The van der Waals surface area contributed by atoms with Crippen molar-refractivity contribution in [3.8, 4) is 11.1 Å². The lowest BCUT2D eigenvalue weighted by atomic mass is 9.93. The van der Waals surface area contributed by atoms with Crippen LogP contribution in [0.5, 0.6) is 0 Å². The molecular weight excluding hydrogens is 490 g/mol. The van der Waals surface area contributed by atoms with E-state index in [-0.39, 0.29) is 0 Å². The molecule has 202 valence electrons. The number of nitrogens with zero attached hydrogens (tertiary/aromatic N) is 1. The van der Waals surface area contributed by atoms with Gasteiger partial charge in [-0.25, -0.2) is 4.79 Å². The number of aliphatic imine (C=N–C) groups is 1. The topological polar surface area (TPSA) is 85.2 Å². The summed E-state index contributed by atoms with van der Waals surface area (Å²) in [4.78, 5) is 28.9. The van der Waals surface area contributed by atoms with Crippen molar-refractivity contribution in [2.75, 3.05) is 7.11 Å². The lowest BCUT2D eigenvalue weighted by Gasteiger charge is -2.20. The summed E-state index contributed by atoms with van der Waals surface area (Å²) < 4.78 is 11.5. The highest BCUT2D eigenvalue weighted by Crippen LogP contribution is 2.48. The molecule has 0 radical (unpaired) electrons. The van der Waals surface area contributed by atoms with E-state index in [4.69, 9.17) is 9.47 Å². The molecule has 1 fully saturated rings. The SMILES string of the molecule is CC/C=C(/C)C(=NC(=O)OC(C)c1ccccc1)C(OC)c1ccc(-c2ccc(C3(C(=O)O)CC3)cc2)cc1. The molecule has 0 bridgehead atoms. The van der Waals surface area contributed by atoms with Gasteiger partial charge in [0.15, 0.2) is 0 Å². The fourth-order valence-electron chi connectivity index (χ4n) is 4.82. The molecule has 6 heteroatoms. The van der Waals surface area contributed by atoms with Crippen molar-refractivity contribution < 1.29 is 24.2 Å². The predicted octanol–water partition coefficient (Wildman–Crippen LogP) is 7.85. The monoisotopic (exact) mass is 525 g/mol. The van der Waals surface area contributed by atoms with Crippen LogP contribution < -0.4 is 0 Å². The van der Waals surface area contributed by atoms with Crippen LogP contribution in [0.1, 0.15) is 68.9 Å². The third kappa shape index (κ3) is 6.35. The molecule has 1 N–H and O–H groups in total. The van der Waals surface area contributed by atoms with Crippen LogP contribution in [0, 0.1) is 0 Å². The van der Waals surface area contributed by atoms with E-state index >= 15 is 0 Å². The second-order valence-electron chi connectivity index (χ2n) is 9.93. The summed E-state index contributed by atoms with van der Waals surface area (Å²) >= 11 is 0. The van der Waals surface area contributed by atoms with E-state index in [0.29, 0.717) is 18.6 Å². The first-order valence-corrected chi connectivity index (χ1v) is 13.3. The third-order valence-corrected chi connectivity index (χ3v) is 7.30. The number of hydrogen-bond donors (Lipinski definition) is 1. The number of benzene rings is 3. The van der Waals surface area contributed by atoms with Gasteiger partial charge in [0.05, 0.1) is 11.1 Å². The number of carboxylic acid groups (broad SMARTS) is 1. The highest BCUT2D eigenvalue weighted by atomic mass is 16.6. The second kappa shape index (κ2) is 12.2. The molecule has 3 aromatic carbocycles. The lowest BCUT2D eigenvalue weighted by Crippen LogP contribution is -2.19. The fourth-order valence-corrected chi connectivity index (χ4v) is 4.82. The molecule has 39 heavy (non-hydrogen) atoms. The molecule has 2 atom stereocenters. The molecule has 3 aromatic rings. The van der Waals surface area contributed by atoms with Gasteiger partial charge in [-0.15, -0.1) is 0 Å². The standard InChI is InChI=1S/C33H35NO5/c1-5-9-22(2)29(34-32(37)39-23(3)24-10-7-6-8-11-24)30(38-4)27-14-12-25(13-15-27)26-16-18-28(19-17-26)33(20-21-33)31(35)36/h6-19,23,30H,5,20-21H2,1-4H3,(H,35,36)/b22-9-,34-29?. The molecule has 1 amide bonds. The van der Waals surface area contributed by atoms with Crippen LogP contribution in [0.3, 0.4) is 0 Å². The average molecular weight is 526 g/mol. The molecule has 1 aliphatic rings. The average Bonchev–Trinajstić information content (AvgIpc) is 3.76. The van der Waals surface area contributed by atoms with Gasteiger partial charge in [0.1, 0.15) is 12.2 Å². The second-order valence-corrected chi connectivity index (χ2v) is 9.93. The Bertz CT molecular complexity index is 1350. The van der Waals surface area contributed by atoms with Crippen molar-refractivity contribution >= 4 is 17.8 Å². The zero-order chi connectivity index (χ0) is 28.0. The van der Waals surface area contributed by atoms with Crippen molar-refractivity contribution in [2.24, 2.45) is 4.99 Å². The number of ether oxygens (including phenoxy) is 2. The summed E-state index contributed by atoms with van der Waals surface area (Å²) in [5.74, 6) is -0.756. The van der Waals surface area contributed by atoms with Crippen LogP contribution in [0.15, 0.2) is 95.5 Å². The summed E-state index contributed by atoms with van der Waals surface area (Å²) in [6, 6.07) is 25.2. The van der Waals surface area contributed by atoms with Gasteiger partial charge in [0, 0.05) is 7.11 Å². The predicted molar refractivity (Wildman–Crippen MR) is 153 cm³/mol. The number of amides is 1. The Kier molecular flexibility index (Phi) is 8.77.